The van der Waals surface area contributed by atoms with Crippen molar-refractivity contribution in [2.75, 3.05) is 6.61 Å². The van der Waals surface area contributed by atoms with Crippen LogP contribution in [0.1, 0.15) is 11.1 Å². The highest BCUT2D eigenvalue weighted by Gasteiger charge is 2.26. The molecule has 0 aromatic heterocycles. The summed E-state index contributed by atoms with van der Waals surface area (Å²) in [6.07, 6.45) is 0.359. The van der Waals surface area contributed by atoms with Crippen molar-refractivity contribution in [1.82, 2.24) is 0 Å². The van der Waals surface area contributed by atoms with Crippen LogP contribution in [0.4, 0.5) is 8.78 Å². The molecule has 4 heteroatoms. The summed E-state index contributed by atoms with van der Waals surface area (Å²) in [6, 6.07) is 11.5. The molecule has 1 N–H and O–H groups in total. The fourth-order valence-electron chi connectivity index (χ4n) is 2.67. The Morgan fingerprint density at radius 3 is 2.76 bits per heavy atom. The Labute approximate surface area is 122 Å². The maximum atomic E-state index is 13.2. The van der Waals surface area contributed by atoms with Gasteiger partial charge in [-0.25, -0.2) is 8.78 Å². The van der Waals surface area contributed by atoms with Gasteiger partial charge in [0.25, 0.3) is 0 Å². The fourth-order valence-corrected chi connectivity index (χ4v) is 2.67. The van der Waals surface area contributed by atoms with Gasteiger partial charge in [0.05, 0.1) is 12.7 Å². The summed E-state index contributed by atoms with van der Waals surface area (Å²) in [5, 5.41) is 10.3. The Kier molecular flexibility index (Phi) is 3.88. The first-order chi connectivity index (χ1) is 10.1. The van der Waals surface area contributed by atoms with Gasteiger partial charge in [0.2, 0.25) is 0 Å². The lowest BCUT2D eigenvalue weighted by Crippen LogP contribution is -2.33. The lowest BCUT2D eigenvalue weighted by Gasteiger charge is -2.28. The van der Waals surface area contributed by atoms with Crippen molar-refractivity contribution in [2.45, 2.75) is 18.9 Å². The minimum absolute atomic E-state index is 0.0481. The molecule has 2 aromatic rings. The molecule has 2 aromatic carbocycles. The predicted octanol–water partition coefficient (Wildman–Crippen LogP) is 3.12. The Morgan fingerprint density at radius 1 is 1.14 bits per heavy atom. The average Bonchev–Trinajstić information content (AvgIpc) is 2.50. The largest absolute Gasteiger partial charge is 0.493 e. The third-order valence-corrected chi connectivity index (χ3v) is 3.88. The molecule has 1 heterocycles. The molecule has 1 aliphatic heterocycles. The summed E-state index contributed by atoms with van der Waals surface area (Å²) in [6.45, 7) is 0.432. The van der Waals surface area contributed by atoms with E-state index in [1.54, 1.807) is 0 Å². The second-order valence-electron chi connectivity index (χ2n) is 5.40. The van der Waals surface area contributed by atoms with E-state index < -0.39 is 17.7 Å². The summed E-state index contributed by atoms with van der Waals surface area (Å²) in [7, 11) is 0. The van der Waals surface area contributed by atoms with Crippen LogP contribution in [-0.2, 0) is 12.8 Å². The van der Waals surface area contributed by atoms with Crippen LogP contribution < -0.4 is 4.74 Å². The zero-order valence-electron chi connectivity index (χ0n) is 11.4. The number of hydrogen-bond acceptors (Lipinski definition) is 2. The average molecular weight is 290 g/mol. The molecular formula is C17H16F2O2. The number of rotatable bonds is 3. The van der Waals surface area contributed by atoms with E-state index in [4.69, 9.17) is 4.74 Å². The van der Waals surface area contributed by atoms with Crippen LogP contribution >= 0.6 is 0 Å². The molecule has 21 heavy (non-hydrogen) atoms. The lowest BCUT2D eigenvalue weighted by molar-refractivity contribution is 0.0652. The predicted molar refractivity (Wildman–Crippen MR) is 75.2 cm³/mol. The van der Waals surface area contributed by atoms with Crippen LogP contribution in [-0.4, -0.2) is 17.8 Å². The quantitative estimate of drug-likeness (QED) is 0.941. The second-order valence-corrected chi connectivity index (χ2v) is 5.40. The van der Waals surface area contributed by atoms with Crippen LogP contribution in [0.2, 0.25) is 0 Å². The van der Waals surface area contributed by atoms with Gasteiger partial charge in [0.15, 0.2) is 11.6 Å². The maximum absolute atomic E-state index is 13.2. The molecule has 2 atom stereocenters. The molecule has 0 fully saturated rings. The van der Waals surface area contributed by atoms with E-state index in [9.17, 15) is 13.9 Å². The Bertz CT molecular complexity index is 642. The van der Waals surface area contributed by atoms with E-state index in [1.807, 2.05) is 24.3 Å². The number of aliphatic hydroxyl groups excluding tert-OH is 1. The summed E-state index contributed by atoms with van der Waals surface area (Å²) in [5.74, 6) is -0.949. The van der Waals surface area contributed by atoms with Crippen molar-refractivity contribution in [1.29, 1.82) is 0 Å². The Morgan fingerprint density at radius 2 is 1.95 bits per heavy atom. The number of halogens is 2. The minimum Gasteiger partial charge on any atom is -0.493 e. The van der Waals surface area contributed by atoms with Gasteiger partial charge in [-0.15, -0.1) is 0 Å². The monoisotopic (exact) mass is 290 g/mol. The standard InChI is InChI=1S/C17H16F2O2/c18-14-6-5-11(7-15(14)19)8-16(20)13-9-12-3-1-2-4-17(12)21-10-13/h1-7,13,16,20H,8-10H2. The second kappa shape index (κ2) is 5.82. The van der Waals surface area contributed by atoms with Gasteiger partial charge in [-0.2, -0.15) is 0 Å². The van der Waals surface area contributed by atoms with Crippen molar-refractivity contribution in [3.63, 3.8) is 0 Å². The van der Waals surface area contributed by atoms with Gasteiger partial charge in [-0.3, -0.25) is 0 Å². The zero-order chi connectivity index (χ0) is 14.8. The molecule has 0 bridgehead atoms. The van der Waals surface area contributed by atoms with Crippen LogP contribution in [0.25, 0.3) is 0 Å². The molecule has 110 valence electrons. The van der Waals surface area contributed by atoms with Crippen molar-refractivity contribution in [3.8, 4) is 5.75 Å². The van der Waals surface area contributed by atoms with E-state index in [0.29, 0.717) is 12.2 Å². The molecule has 0 aliphatic carbocycles. The van der Waals surface area contributed by atoms with Gasteiger partial charge in [0.1, 0.15) is 5.75 Å². The number of hydrogen-bond donors (Lipinski definition) is 1. The lowest BCUT2D eigenvalue weighted by atomic mass is 9.89. The van der Waals surface area contributed by atoms with E-state index in [1.165, 1.54) is 6.07 Å². The van der Waals surface area contributed by atoms with Gasteiger partial charge >= 0.3 is 0 Å². The molecule has 1 aliphatic rings. The van der Waals surface area contributed by atoms with Crippen molar-refractivity contribution < 1.29 is 18.6 Å². The van der Waals surface area contributed by atoms with Gasteiger partial charge < -0.3 is 9.84 Å². The molecule has 3 rings (SSSR count). The molecule has 0 amide bonds. The molecule has 0 saturated heterocycles. The Balaban J connectivity index is 1.69. The van der Waals surface area contributed by atoms with E-state index >= 15 is 0 Å². The van der Waals surface area contributed by atoms with Crippen molar-refractivity contribution in [3.05, 3.63) is 65.2 Å². The van der Waals surface area contributed by atoms with Crippen molar-refractivity contribution in [2.24, 2.45) is 5.92 Å². The highest BCUT2D eigenvalue weighted by atomic mass is 19.2. The van der Waals surface area contributed by atoms with E-state index in [-0.39, 0.29) is 12.3 Å². The summed E-state index contributed by atoms with van der Waals surface area (Å²) in [4.78, 5) is 0. The van der Waals surface area contributed by atoms with Crippen molar-refractivity contribution >= 4 is 0 Å². The molecule has 0 saturated carbocycles. The van der Waals surface area contributed by atoms with E-state index in [2.05, 4.69) is 0 Å². The van der Waals surface area contributed by atoms with Gasteiger partial charge in [-0.05, 0) is 42.2 Å². The number of para-hydroxylation sites is 1. The van der Waals surface area contributed by atoms with E-state index in [0.717, 1.165) is 29.9 Å². The molecule has 0 spiro atoms. The highest BCUT2D eigenvalue weighted by Crippen LogP contribution is 2.29. The van der Waals surface area contributed by atoms with Crippen LogP contribution in [0.3, 0.4) is 0 Å². The number of aliphatic hydroxyl groups is 1. The third-order valence-electron chi connectivity index (χ3n) is 3.88. The molecule has 2 unspecified atom stereocenters. The zero-order valence-corrected chi connectivity index (χ0v) is 11.4. The number of ether oxygens (including phenoxy) is 1. The first-order valence-corrected chi connectivity index (χ1v) is 6.96. The highest BCUT2D eigenvalue weighted by molar-refractivity contribution is 5.35. The fraction of sp³-hybridized carbons (Fsp3) is 0.294. The van der Waals surface area contributed by atoms with Crippen LogP contribution in [0.15, 0.2) is 42.5 Å². The first-order valence-electron chi connectivity index (χ1n) is 6.96. The summed E-state index contributed by atoms with van der Waals surface area (Å²) < 4.78 is 31.7. The normalized spacial score (nSPS) is 18.7. The maximum Gasteiger partial charge on any atom is 0.159 e. The van der Waals surface area contributed by atoms with Crippen LogP contribution in [0, 0.1) is 17.6 Å². The van der Waals surface area contributed by atoms with Crippen LogP contribution in [0.5, 0.6) is 5.75 Å². The van der Waals surface area contributed by atoms with Gasteiger partial charge in [0, 0.05) is 5.92 Å². The number of benzene rings is 2. The smallest absolute Gasteiger partial charge is 0.159 e. The molecule has 2 nitrogen and oxygen atoms in total. The summed E-state index contributed by atoms with van der Waals surface area (Å²) in [5.41, 5.74) is 1.65. The summed E-state index contributed by atoms with van der Waals surface area (Å²) >= 11 is 0. The molecule has 0 radical (unpaired) electrons. The minimum atomic E-state index is -0.884. The Hall–Kier alpha value is -1.94. The third kappa shape index (κ3) is 3.05. The topological polar surface area (TPSA) is 29.5 Å². The molecular weight excluding hydrogens is 274 g/mol. The number of fused-ring (bicyclic) bond motifs is 1. The first kappa shape index (κ1) is 14.0. The SMILES string of the molecule is OC(Cc1ccc(F)c(F)c1)C1COc2ccccc2C1. The van der Waals surface area contributed by atoms with Gasteiger partial charge in [-0.1, -0.05) is 24.3 Å².